The molecule has 0 aliphatic rings. The molecule has 6 nitrogen and oxygen atoms in total. The molecule has 0 aromatic heterocycles. The number of carbonyl (C=O) groups excluding carboxylic acids is 3. The monoisotopic (exact) mass is 770 g/mol. The van der Waals surface area contributed by atoms with Crippen LogP contribution in [0.2, 0.25) is 0 Å². The summed E-state index contributed by atoms with van der Waals surface area (Å²) in [6.45, 7) is 14.8. The third kappa shape index (κ3) is 31.2. The summed E-state index contributed by atoms with van der Waals surface area (Å²) in [6.07, 6.45) is 3.04. The fourth-order valence-corrected chi connectivity index (χ4v) is 4.27. The molecule has 0 saturated carbocycles. The third-order valence-corrected chi connectivity index (χ3v) is 8.41. The first-order valence-electron chi connectivity index (χ1n) is 16.5. The molecule has 7 heteroatoms. The molecular formula is C47H79NO5S. The third-order valence-electron chi connectivity index (χ3n) is 6.66. The van der Waals surface area contributed by atoms with Gasteiger partial charge >= 0.3 is 0 Å². The molecule has 4 rings (SSSR count). The molecule has 4 aromatic carbocycles. The van der Waals surface area contributed by atoms with Gasteiger partial charge < -0.3 is 5.32 Å². The Bertz CT molecular complexity index is 1520. The van der Waals surface area contributed by atoms with Crippen molar-refractivity contribution in [3.05, 3.63) is 132 Å². The normalized spacial score (nSPS) is 8.85. The Balaban J connectivity index is -0.000000101. The summed E-state index contributed by atoms with van der Waals surface area (Å²) in [7, 11) is -3.00. The molecule has 4 aromatic rings. The maximum absolute atomic E-state index is 11.2. The SMILES string of the molecule is C.C.C.C.C.C.CC(=O)C(C)C.CC(C)C(=O)Nc1ccccc1.CCC(=O)c1ccccc1.CCCc1ccccc1.CCS(=O)(=O)c1ccccc1. The molecule has 1 N–H and O–H groups in total. The van der Waals surface area contributed by atoms with Crippen molar-refractivity contribution < 1.29 is 22.8 Å². The first-order chi connectivity index (χ1) is 22.8. The Hall–Kier alpha value is -4.36. The second-order valence-electron chi connectivity index (χ2n) is 11.4. The number of ketones is 2. The Morgan fingerprint density at radius 1 is 0.574 bits per heavy atom. The van der Waals surface area contributed by atoms with Crippen molar-refractivity contribution in [1.29, 1.82) is 0 Å². The average molecular weight is 770 g/mol. The first kappa shape index (κ1) is 64.6. The lowest BCUT2D eigenvalue weighted by molar-refractivity contribution is -0.120. The van der Waals surface area contributed by atoms with Gasteiger partial charge in [-0.15, -0.1) is 0 Å². The van der Waals surface area contributed by atoms with Crippen LogP contribution < -0.4 is 5.32 Å². The highest BCUT2D eigenvalue weighted by Crippen LogP contribution is 2.09. The maximum atomic E-state index is 11.2. The number of hydrogen-bond acceptors (Lipinski definition) is 5. The number of para-hydroxylation sites is 1. The highest BCUT2D eigenvalue weighted by atomic mass is 32.2. The number of sulfone groups is 1. The second-order valence-corrected chi connectivity index (χ2v) is 13.6. The molecule has 54 heavy (non-hydrogen) atoms. The zero-order chi connectivity index (χ0) is 36.4. The van der Waals surface area contributed by atoms with Crippen LogP contribution in [-0.2, 0) is 25.8 Å². The van der Waals surface area contributed by atoms with Crippen molar-refractivity contribution in [3.63, 3.8) is 0 Å². The smallest absolute Gasteiger partial charge is 0.226 e. The lowest BCUT2D eigenvalue weighted by Crippen LogP contribution is -2.17. The topological polar surface area (TPSA) is 97.4 Å². The number of hydrogen-bond donors (Lipinski definition) is 1. The van der Waals surface area contributed by atoms with E-state index >= 15 is 0 Å². The van der Waals surface area contributed by atoms with Gasteiger partial charge in [-0.1, -0.05) is 197 Å². The zero-order valence-corrected chi connectivity index (χ0v) is 30.8. The van der Waals surface area contributed by atoms with Gasteiger partial charge in [-0.25, -0.2) is 8.42 Å². The fraction of sp³-hybridized carbons (Fsp3) is 0.426. The lowest BCUT2D eigenvalue weighted by Gasteiger charge is -2.06. The second kappa shape index (κ2) is 38.4. The van der Waals surface area contributed by atoms with Gasteiger partial charge in [0.25, 0.3) is 0 Å². The van der Waals surface area contributed by atoms with Gasteiger partial charge in [0, 0.05) is 29.5 Å². The van der Waals surface area contributed by atoms with Gasteiger partial charge in [0.1, 0.15) is 5.78 Å². The van der Waals surface area contributed by atoms with Crippen LogP contribution in [0.3, 0.4) is 0 Å². The van der Waals surface area contributed by atoms with Crippen LogP contribution in [0.1, 0.15) is 129 Å². The van der Waals surface area contributed by atoms with Crippen molar-refractivity contribution in [3.8, 4) is 0 Å². The fourth-order valence-electron chi connectivity index (χ4n) is 3.36. The van der Waals surface area contributed by atoms with Crippen LogP contribution in [-0.4, -0.2) is 31.6 Å². The number of anilines is 1. The lowest BCUT2D eigenvalue weighted by atomic mass is 10.1. The van der Waals surface area contributed by atoms with Gasteiger partial charge in [0.15, 0.2) is 15.6 Å². The number of nitrogens with one attached hydrogen (secondary N) is 1. The van der Waals surface area contributed by atoms with E-state index in [1.54, 1.807) is 44.2 Å². The van der Waals surface area contributed by atoms with Crippen LogP contribution in [0.25, 0.3) is 0 Å². The minimum Gasteiger partial charge on any atom is -0.326 e. The van der Waals surface area contributed by atoms with E-state index < -0.39 is 9.84 Å². The molecule has 0 aliphatic carbocycles. The number of aryl methyl sites for hydroxylation is 1. The standard InChI is InChI=1S/C10H13NO.C9H10O.C9H12.C8H10O2S.C5H10O.6CH4/c1-8(2)10(12)11-9-6-4-3-5-7-9;1-2-9(10)8-6-4-3-5-7-8;1-2-6-9-7-4-3-5-8-9;1-2-11(9,10)8-6-4-3-5-7-8;1-4(2)5(3)6;;;;;;/h3-8H,1-2H3,(H,11,12);3-7H,2H2,1H3;3-5,7-8H,2,6H2,1H3;3-7H,2H2,1H3;4H,1-3H3;6*1H4. The van der Waals surface area contributed by atoms with E-state index in [1.807, 2.05) is 95.3 Å². The average Bonchev–Trinajstić information content (AvgIpc) is 3.11. The molecule has 0 atom stereocenters. The summed E-state index contributed by atoms with van der Waals surface area (Å²) in [5, 5.41) is 2.80. The predicted molar refractivity (Wildman–Crippen MR) is 241 cm³/mol. The van der Waals surface area contributed by atoms with E-state index in [-0.39, 0.29) is 79.6 Å². The van der Waals surface area contributed by atoms with Crippen molar-refractivity contribution >= 4 is 33.0 Å². The number of benzene rings is 4. The maximum Gasteiger partial charge on any atom is 0.226 e. The number of carbonyl (C=O) groups is 3. The van der Waals surface area contributed by atoms with Gasteiger partial charge in [0.2, 0.25) is 5.91 Å². The van der Waals surface area contributed by atoms with E-state index in [1.165, 1.54) is 18.4 Å². The van der Waals surface area contributed by atoms with Crippen molar-refractivity contribution in [2.24, 2.45) is 11.8 Å². The molecule has 0 saturated heterocycles. The Labute approximate surface area is 334 Å². The minimum absolute atomic E-state index is 0. The van der Waals surface area contributed by atoms with Crippen molar-refractivity contribution in [1.82, 2.24) is 0 Å². The molecular weight excluding hydrogens is 691 g/mol. The number of rotatable bonds is 9. The highest BCUT2D eigenvalue weighted by molar-refractivity contribution is 7.91. The summed E-state index contributed by atoms with van der Waals surface area (Å²) < 4.78 is 22.4. The molecule has 0 spiro atoms. The summed E-state index contributed by atoms with van der Waals surface area (Å²) in [6, 6.07) is 37.9. The van der Waals surface area contributed by atoms with Crippen LogP contribution in [0.4, 0.5) is 5.69 Å². The van der Waals surface area contributed by atoms with Crippen molar-refractivity contribution in [2.75, 3.05) is 11.1 Å². The van der Waals surface area contributed by atoms with Gasteiger partial charge in [-0.2, -0.15) is 0 Å². The Morgan fingerprint density at radius 3 is 1.28 bits per heavy atom. The Morgan fingerprint density at radius 2 is 0.944 bits per heavy atom. The first-order valence-corrected chi connectivity index (χ1v) is 18.2. The van der Waals surface area contributed by atoms with E-state index in [9.17, 15) is 22.8 Å². The molecule has 0 unspecified atom stereocenters. The van der Waals surface area contributed by atoms with Gasteiger partial charge in [-0.05, 0) is 43.2 Å². The highest BCUT2D eigenvalue weighted by Gasteiger charge is 2.09. The van der Waals surface area contributed by atoms with Crippen LogP contribution in [0, 0.1) is 11.8 Å². The largest absolute Gasteiger partial charge is 0.326 e. The van der Waals surface area contributed by atoms with E-state index in [4.69, 9.17) is 0 Å². The molecule has 308 valence electrons. The Kier molecular flexibility index (Phi) is 45.9. The summed E-state index contributed by atoms with van der Waals surface area (Å²) in [5.41, 5.74) is 3.11. The van der Waals surface area contributed by atoms with Crippen molar-refractivity contribution in [2.45, 2.75) is 124 Å². The minimum atomic E-state index is -3.00. The molecule has 0 bridgehead atoms. The number of Topliss-reactive ketones (excluding diaryl/α,β-unsaturated/α-hetero) is 2. The van der Waals surface area contributed by atoms with E-state index in [0.717, 1.165) is 11.3 Å². The molecule has 0 radical (unpaired) electrons. The molecule has 0 fully saturated rings. The summed E-state index contributed by atoms with van der Waals surface area (Å²) in [5.74, 6) is 0.934. The number of amides is 1. The molecule has 0 aliphatic heterocycles. The van der Waals surface area contributed by atoms with Crippen LogP contribution in [0.15, 0.2) is 126 Å². The molecule has 0 heterocycles. The van der Waals surface area contributed by atoms with Gasteiger partial charge in [0.05, 0.1) is 10.6 Å². The quantitative estimate of drug-likeness (QED) is 0.171. The predicted octanol–water partition coefficient (Wildman–Crippen LogP) is 13.7. The van der Waals surface area contributed by atoms with E-state index in [0.29, 0.717) is 11.3 Å². The van der Waals surface area contributed by atoms with Crippen LogP contribution in [0.5, 0.6) is 0 Å². The molecule has 1 amide bonds. The summed E-state index contributed by atoms with van der Waals surface area (Å²) >= 11 is 0. The zero-order valence-electron chi connectivity index (χ0n) is 30.0. The van der Waals surface area contributed by atoms with Gasteiger partial charge in [-0.3, -0.25) is 14.4 Å². The van der Waals surface area contributed by atoms with Crippen LogP contribution >= 0.6 is 0 Å². The van der Waals surface area contributed by atoms with E-state index in [2.05, 4.69) is 42.6 Å². The summed E-state index contributed by atoms with van der Waals surface area (Å²) in [4.78, 5) is 32.8.